The quantitative estimate of drug-likeness (QED) is 0.213. The molecule has 7 heteroatoms. The smallest absolute Gasteiger partial charge is 0.267 e. The van der Waals surface area contributed by atoms with Crippen molar-refractivity contribution in [1.29, 1.82) is 0 Å². The van der Waals surface area contributed by atoms with Crippen LogP contribution in [0.25, 0.3) is 10.2 Å². The number of carbonyl (C=O) groups is 1. The van der Waals surface area contributed by atoms with E-state index in [4.69, 9.17) is 4.84 Å². The first-order valence-corrected chi connectivity index (χ1v) is 10.8. The lowest BCUT2D eigenvalue weighted by atomic mass is 10.3. The van der Waals surface area contributed by atoms with Crippen LogP contribution in [0, 0.1) is 11.8 Å². The fraction of sp³-hybridized carbons (Fsp3) is 0.450. The number of rotatable bonds is 8. The van der Waals surface area contributed by atoms with Crippen molar-refractivity contribution in [2.24, 2.45) is 5.16 Å². The molecule has 2 aromatic rings. The van der Waals surface area contributed by atoms with Crippen LogP contribution in [0.15, 0.2) is 27.7 Å². The van der Waals surface area contributed by atoms with Crippen molar-refractivity contribution < 1.29 is 9.63 Å². The van der Waals surface area contributed by atoms with Crippen LogP contribution < -0.4 is 5.32 Å². The second kappa shape index (κ2) is 11.0. The van der Waals surface area contributed by atoms with Gasteiger partial charge in [0, 0.05) is 24.3 Å². The predicted molar refractivity (Wildman–Crippen MR) is 116 cm³/mol. The number of amides is 1. The van der Waals surface area contributed by atoms with Crippen molar-refractivity contribution in [3.05, 3.63) is 18.2 Å². The molecular formula is C20H25N3O2S2. The number of oxime groups is 1. The third kappa shape index (κ3) is 7.24. The van der Waals surface area contributed by atoms with Gasteiger partial charge in [-0.2, -0.15) is 0 Å². The molecule has 1 aromatic heterocycles. The normalized spacial score (nSPS) is 11.4. The van der Waals surface area contributed by atoms with Gasteiger partial charge < -0.3 is 10.2 Å². The Bertz CT molecular complexity index is 861. The highest BCUT2D eigenvalue weighted by Crippen LogP contribution is 2.31. The molecule has 1 atom stereocenters. The number of hydrogen-bond donors (Lipinski definition) is 1. The molecule has 0 aliphatic carbocycles. The molecular weight excluding hydrogens is 378 g/mol. The summed E-state index contributed by atoms with van der Waals surface area (Å²) < 4.78 is 2.07. The van der Waals surface area contributed by atoms with Gasteiger partial charge in [0.25, 0.3) is 5.91 Å². The Hall–Kier alpha value is -2.04. The first kappa shape index (κ1) is 21.3. The van der Waals surface area contributed by atoms with E-state index in [0.717, 1.165) is 51.0 Å². The van der Waals surface area contributed by atoms with Gasteiger partial charge in [-0.1, -0.05) is 23.8 Å². The Labute approximate surface area is 169 Å². The van der Waals surface area contributed by atoms with E-state index in [2.05, 4.69) is 34.2 Å². The van der Waals surface area contributed by atoms with Crippen LogP contribution >= 0.6 is 23.1 Å². The molecule has 0 saturated carbocycles. The number of anilines is 1. The van der Waals surface area contributed by atoms with Gasteiger partial charge >= 0.3 is 0 Å². The molecule has 0 spiro atoms. The van der Waals surface area contributed by atoms with Gasteiger partial charge in [0.1, 0.15) is 0 Å². The summed E-state index contributed by atoms with van der Waals surface area (Å²) in [5, 5.41) is 6.69. The molecule has 1 heterocycles. The molecule has 0 fully saturated rings. The van der Waals surface area contributed by atoms with E-state index in [1.165, 1.54) is 0 Å². The Morgan fingerprint density at radius 1 is 1.37 bits per heavy atom. The highest BCUT2D eigenvalue weighted by Gasteiger charge is 2.15. The first-order valence-electron chi connectivity index (χ1n) is 8.96. The predicted octanol–water partition coefficient (Wildman–Crippen LogP) is 5.32. The molecule has 0 radical (unpaired) electrons. The summed E-state index contributed by atoms with van der Waals surface area (Å²) in [6, 6.07) is 5.72. The molecule has 1 N–H and O–H groups in total. The van der Waals surface area contributed by atoms with Gasteiger partial charge in [-0.25, -0.2) is 4.98 Å². The van der Waals surface area contributed by atoms with Crippen molar-refractivity contribution in [1.82, 2.24) is 4.98 Å². The summed E-state index contributed by atoms with van der Waals surface area (Å²) in [5.41, 5.74) is 2.43. The first-order chi connectivity index (χ1) is 13.0. The van der Waals surface area contributed by atoms with E-state index in [9.17, 15) is 4.79 Å². The number of thiazole rings is 1. The van der Waals surface area contributed by atoms with Crippen LogP contribution in [0.4, 0.5) is 5.69 Å². The zero-order valence-electron chi connectivity index (χ0n) is 16.2. The summed E-state index contributed by atoms with van der Waals surface area (Å²) in [5.74, 6) is 7.05. The van der Waals surface area contributed by atoms with Gasteiger partial charge in [-0.15, -0.1) is 23.2 Å². The van der Waals surface area contributed by atoms with Gasteiger partial charge in [0.05, 0.1) is 15.9 Å². The van der Waals surface area contributed by atoms with E-state index in [1.54, 1.807) is 30.0 Å². The number of benzene rings is 1. The molecule has 1 aromatic carbocycles. The highest BCUT2D eigenvalue weighted by molar-refractivity contribution is 8.01. The summed E-state index contributed by atoms with van der Waals surface area (Å²) in [4.78, 5) is 22.0. The monoisotopic (exact) mass is 403 g/mol. The third-order valence-electron chi connectivity index (χ3n) is 3.35. The molecule has 1 amide bonds. The summed E-state index contributed by atoms with van der Waals surface area (Å²) in [7, 11) is 0. The zero-order valence-corrected chi connectivity index (χ0v) is 17.8. The number of aromatic nitrogens is 1. The number of unbranched alkanes of at least 4 members (excludes halogenated alkanes) is 1. The maximum Gasteiger partial charge on any atom is 0.267 e. The Morgan fingerprint density at radius 2 is 2.15 bits per heavy atom. The van der Waals surface area contributed by atoms with Gasteiger partial charge in [0.15, 0.2) is 4.34 Å². The van der Waals surface area contributed by atoms with Crippen molar-refractivity contribution in [3.63, 3.8) is 0 Å². The maximum absolute atomic E-state index is 12.2. The summed E-state index contributed by atoms with van der Waals surface area (Å²) in [6.07, 6.45) is 2.29. The van der Waals surface area contributed by atoms with Crippen LogP contribution in [0.5, 0.6) is 0 Å². The van der Waals surface area contributed by atoms with Crippen molar-refractivity contribution in [2.45, 2.75) is 57.4 Å². The number of nitrogens with one attached hydrogen (secondary N) is 1. The Morgan fingerprint density at radius 3 is 2.89 bits per heavy atom. The second-order valence-electron chi connectivity index (χ2n) is 6.14. The Balaban J connectivity index is 1.94. The highest BCUT2D eigenvalue weighted by atomic mass is 32.2. The minimum absolute atomic E-state index is 0.232. The van der Waals surface area contributed by atoms with Crippen LogP contribution in [-0.2, 0) is 9.63 Å². The van der Waals surface area contributed by atoms with E-state index < -0.39 is 6.10 Å². The molecule has 0 bridgehead atoms. The average molecular weight is 404 g/mol. The van der Waals surface area contributed by atoms with Crippen molar-refractivity contribution >= 4 is 50.6 Å². The lowest BCUT2D eigenvalue weighted by molar-refractivity contribution is -0.126. The molecule has 0 aliphatic rings. The summed E-state index contributed by atoms with van der Waals surface area (Å²) >= 11 is 3.35. The van der Waals surface area contributed by atoms with Gasteiger partial charge in [-0.3, -0.25) is 4.79 Å². The molecule has 2 rings (SSSR count). The number of fused-ring (bicyclic) bond motifs is 1. The minimum Gasteiger partial charge on any atom is -0.383 e. The molecule has 27 heavy (non-hydrogen) atoms. The lowest BCUT2D eigenvalue weighted by Gasteiger charge is -2.10. The fourth-order valence-electron chi connectivity index (χ4n) is 2.01. The lowest BCUT2D eigenvalue weighted by Crippen LogP contribution is -2.26. The minimum atomic E-state index is -0.656. The number of nitrogens with zero attached hydrogens (tertiary/aromatic N) is 2. The van der Waals surface area contributed by atoms with E-state index >= 15 is 0 Å². The molecule has 144 valence electrons. The van der Waals surface area contributed by atoms with Crippen LogP contribution in [0.3, 0.4) is 0 Å². The Kier molecular flexibility index (Phi) is 8.62. The topological polar surface area (TPSA) is 63.6 Å². The zero-order chi connectivity index (χ0) is 19.6. The molecule has 5 nitrogen and oxygen atoms in total. The van der Waals surface area contributed by atoms with Gasteiger partial charge in [0.2, 0.25) is 6.10 Å². The molecule has 0 aliphatic heterocycles. The van der Waals surface area contributed by atoms with Crippen molar-refractivity contribution in [3.8, 4) is 11.8 Å². The van der Waals surface area contributed by atoms with Crippen molar-refractivity contribution in [2.75, 3.05) is 11.1 Å². The standard InChI is InChI=1S/C20H25N3O2S2/c1-5-6-7-8-9-12-26-20-22-17-11-10-16(13-18(17)27-20)21-19(24)15(4)25-23-14(2)3/h10-11,13,15H,5-6,9,12H2,1-4H3,(H,21,24). The number of thioether (sulfide) groups is 1. The largest absolute Gasteiger partial charge is 0.383 e. The van der Waals surface area contributed by atoms with Crippen LogP contribution in [0.2, 0.25) is 0 Å². The maximum atomic E-state index is 12.2. The average Bonchev–Trinajstić information content (AvgIpc) is 3.04. The number of carbonyl (C=O) groups excluding carboxylic acids is 1. The van der Waals surface area contributed by atoms with E-state index in [-0.39, 0.29) is 5.91 Å². The second-order valence-corrected chi connectivity index (χ2v) is 8.51. The molecule has 0 saturated heterocycles. The summed E-state index contributed by atoms with van der Waals surface area (Å²) in [6.45, 7) is 7.44. The third-order valence-corrected chi connectivity index (χ3v) is 5.51. The van der Waals surface area contributed by atoms with Crippen LogP contribution in [0.1, 0.15) is 47.0 Å². The SMILES string of the molecule is CCCC#CCCSc1nc2ccc(NC(=O)C(C)ON=C(C)C)cc2s1. The van der Waals surface area contributed by atoms with Crippen LogP contribution in [-0.4, -0.2) is 28.5 Å². The number of hydrogen-bond acceptors (Lipinski definition) is 6. The van der Waals surface area contributed by atoms with Gasteiger partial charge in [-0.05, 0) is 45.4 Å². The van der Waals surface area contributed by atoms with E-state index in [1.807, 2.05) is 32.0 Å². The fourth-order valence-corrected chi connectivity index (χ4v) is 4.04. The molecule has 1 unspecified atom stereocenters. The van der Waals surface area contributed by atoms with E-state index in [0.29, 0.717) is 0 Å².